The summed E-state index contributed by atoms with van der Waals surface area (Å²) in [5, 5.41) is 9.59. The molecule has 3 N–H and O–H groups in total. The van der Waals surface area contributed by atoms with E-state index in [9.17, 15) is 4.79 Å². The number of fused-ring (bicyclic) bond motifs is 1. The van der Waals surface area contributed by atoms with Gasteiger partial charge in [0.05, 0.1) is 31.1 Å². The number of carbonyl (C=O) groups excluding carboxylic acids is 1. The number of hydrazone groups is 1. The number of aromatic nitrogens is 2. The molecule has 1 aromatic carbocycles. The fourth-order valence-electron chi connectivity index (χ4n) is 4.43. The molecule has 0 radical (unpaired) electrons. The smallest absolute Gasteiger partial charge is 0.222 e. The summed E-state index contributed by atoms with van der Waals surface area (Å²) in [5.41, 5.74) is 9.36. The van der Waals surface area contributed by atoms with Crippen molar-refractivity contribution in [2.24, 2.45) is 5.10 Å². The van der Waals surface area contributed by atoms with Crippen molar-refractivity contribution in [1.82, 2.24) is 19.9 Å². The predicted molar refractivity (Wildman–Crippen MR) is 129 cm³/mol. The fraction of sp³-hybridized carbons (Fsp3) is 0.500. The number of nitrogens with two attached hydrogens (primary N) is 1. The lowest BCUT2D eigenvalue weighted by molar-refractivity contribution is -0.113. The van der Waals surface area contributed by atoms with Crippen molar-refractivity contribution in [3.8, 4) is 5.75 Å². The highest BCUT2D eigenvalue weighted by molar-refractivity contribution is 5.86. The molecule has 1 unspecified atom stereocenters. The SMILES string of the molecule is CCCCNc1nc(N)nc2c1C(C=O)N(Cc1ccc(CN3CCCC3)cc1OC)N=C2. The zero-order valence-electron chi connectivity index (χ0n) is 19.5. The van der Waals surface area contributed by atoms with Gasteiger partial charge in [-0.15, -0.1) is 0 Å². The number of nitrogen functional groups attached to an aromatic ring is 1. The summed E-state index contributed by atoms with van der Waals surface area (Å²) in [6, 6.07) is 5.67. The molecule has 2 aromatic rings. The Balaban J connectivity index is 1.57. The summed E-state index contributed by atoms with van der Waals surface area (Å²) in [5.74, 6) is 1.55. The number of nitrogens with one attached hydrogen (secondary N) is 1. The molecule has 0 amide bonds. The van der Waals surface area contributed by atoms with Gasteiger partial charge in [0, 0.05) is 18.7 Å². The van der Waals surface area contributed by atoms with Gasteiger partial charge in [0.25, 0.3) is 0 Å². The number of rotatable bonds is 10. The summed E-state index contributed by atoms with van der Waals surface area (Å²) in [7, 11) is 1.68. The molecular weight excluding hydrogens is 418 g/mol. The maximum Gasteiger partial charge on any atom is 0.222 e. The average Bonchev–Trinajstić information content (AvgIpc) is 3.33. The van der Waals surface area contributed by atoms with E-state index in [1.807, 2.05) is 0 Å². The molecule has 0 bridgehead atoms. The third-order valence-corrected chi connectivity index (χ3v) is 6.18. The number of hydrogen-bond donors (Lipinski definition) is 2. The molecule has 3 heterocycles. The first-order valence-corrected chi connectivity index (χ1v) is 11.7. The van der Waals surface area contributed by atoms with Gasteiger partial charge < -0.3 is 20.6 Å². The number of benzene rings is 1. The lowest BCUT2D eigenvalue weighted by Gasteiger charge is -2.31. The largest absolute Gasteiger partial charge is 0.496 e. The number of carbonyl (C=O) groups is 1. The van der Waals surface area contributed by atoms with Crippen LogP contribution in [-0.4, -0.2) is 59.1 Å². The van der Waals surface area contributed by atoms with Gasteiger partial charge in [-0.25, -0.2) is 4.98 Å². The zero-order chi connectivity index (χ0) is 23.2. The van der Waals surface area contributed by atoms with E-state index < -0.39 is 6.04 Å². The van der Waals surface area contributed by atoms with Gasteiger partial charge in [0.2, 0.25) is 5.95 Å². The second kappa shape index (κ2) is 10.6. The predicted octanol–water partition coefficient (Wildman–Crippen LogP) is 2.96. The molecule has 0 saturated carbocycles. The van der Waals surface area contributed by atoms with E-state index >= 15 is 0 Å². The molecular formula is C24H33N7O2. The van der Waals surface area contributed by atoms with Crippen molar-refractivity contribution in [2.45, 2.75) is 51.7 Å². The summed E-state index contributed by atoms with van der Waals surface area (Å²) >= 11 is 0. The number of aldehydes is 1. The number of likely N-dealkylation sites (tertiary alicyclic amines) is 1. The van der Waals surface area contributed by atoms with Crippen LogP contribution in [0.1, 0.15) is 61.0 Å². The van der Waals surface area contributed by atoms with E-state index in [1.165, 1.54) is 18.4 Å². The van der Waals surface area contributed by atoms with Gasteiger partial charge in [-0.05, 0) is 44.0 Å². The average molecular weight is 452 g/mol. The number of anilines is 2. The monoisotopic (exact) mass is 451 g/mol. The minimum Gasteiger partial charge on any atom is -0.496 e. The van der Waals surface area contributed by atoms with Crippen LogP contribution in [0.3, 0.4) is 0 Å². The second-order valence-electron chi connectivity index (χ2n) is 8.56. The Morgan fingerprint density at radius 3 is 2.79 bits per heavy atom. The quantitative estimate of drug-likeness (QED) is 0.419. The van der Waals surface area contributed by atoms with Gasteiger partial charge in [0.1, 0.15) is 23.9 Å². The lowest BCUT2D eigenvalue weighted by Crippen LogP contribution is -2.31. The highest BCUT2D eigenvalue weighted by Gasteiger charge is 2.30. The third kappa shape index (κ3) is 5.24. The summed E-state index contributed by atoms with van der Waals surface area (Å²) in [6.07, 6.45) is 7.10. The molecule has 9 heteroatoms. The maximum absolute atomic E-state index is 12.2. The molecule has 4 rings (SSSR count). The standard InChI is InChI=1S/C24H33N7O2/c1-3-4-9-26-23-22-19(28-24(25)29-23)13-27-31(20(22)16-32)15-18-8-7-17(12-21(18)33-2)14-30-10-5-6-11-30/h7-8,12-13,16,20H,3-6,9-11,14-15H2,1-2H3,(H3,25,26,28,29). The number of ether oxygens (including phenoxy) is 1. The fourth-order valence-corrected chi connectivity index (χ4v) is 4.43. The van der Waals surface area contributed by atoms with E-state index in [-0.39, 0.29) is 5.95 Å². The first kappa shape index (κ1) is 23.0. The second-order valence-corrected chi connectivity index (χ2v) is 8.56. The summed E-state index contributed by atoms with van der Waals surface area (Å²) < 4.78 is 5.70. The number of methoxy groups -OCH3 is 1. The molecule has 0 spiro atoms. The first-order valence-electron chi connectivity index (χ1n) is 11.7. The van der Waals surface area contributed by atoms with Crippen LogP contribution in [0.25, 0.3) is 0 Å². The number of unbranched alkanes of at least 4 members (excludes halogenated alkanes) is 1. The molecule has 176 valence electrons. The van der Waals surface area contributed by atoms with Crippen LogP contribution < -0.4 is 15.8 Å². The van der Waals surface area contributed by atoms with Crippen molar-refractivity contribution in [2.75, 3.05) is 37.8 Å². The Bertz CT molecular complexity index is 1000. The van der Waals surface area contributed by atoms with Crippen LogP contribution in [0.5, 0.6) is 5.75 Å². The highest BCUT2D eigenvalue weighted by Crippen LogP contribution is 2.34. The van der Waals surface area contributed by atoms with E-state index in [2.05, 4.69) is 50.4 Å². The Kier molecular flexibility index (Phi) is 7.39. The Morgan fingerprint density at radius 1 is 1.24 bits per heavy atom. The third-order valence-electron chi connectivity index (χ3n) is 6.18. The minimum absolute atomic E-state index is 0.160. The van der Waals surface area contributed by atoms with Gasteiger partial charge in [-0.1, -0.05) is 25.5 Å². The first-order chi connectivity index (χ1) is 16.1. The lowest BCUT2D eigenvalue weighted by atomic mass is 10.0. The molecule has 9 nitrogen and oxygen atoms in total. The molecule has 1 atom stereocenters. The van der Waals surface area contributed by atoms with Crippen LogP contribution in [-0.2, 0) is 17.9 Å². The van der Waals surface area contributed by atoms with Crippen LogP contribution in [0.4, 0.5) is 11.8 Å². The maximum atomic E-state index is 12.2. The molecule has 2 aliphatic heterocycles. The normalized spacial score (nSPS) is 17.8. The number of hydrogen-bond acceptors (Lipinski definition) is 9. The highest BCUT2D eigenvalue weighted by atomic mass is 16.5. The van der Waals surface area contributed by atoms with Gasteiger partial charge in [0.15, 0.2) is 0 Å². The summed E-state index contributed by atoms with van der Waals surface area (Å²) in [6.45, 7) is 6.51. The number of nitrogens with zero attached hydrogens (tertiary/aromatic N) is 5. The van der Waals surface area contributed by atoms with Crippen LogP contribution >= 0.6 is 0 Å². The minimum atomic E-state index is -0.622. The molecule has 1 aromatic heterocycles. The summed E-state index contributed by atoms with van der Waals surface area (Å²) in [4.78, 5) is 23.4. The zero-order valence-corrected chi connectivity index (χ0v) is 19.5. The molecule has 2 aliphatic rings. The van der Waals surface area contributed by atoms with Gasteiger partial charge >= 0.3 is 0 Å². The van der Waals surface area contributed by atoms with Crippen LogP contribution in [0, 0.1) is 0 Å². The van der Waals surface area contributed by atoms with Gasteiger partial charge in [-0.2, -0.15) is 10.1 Å². The van der Waals surface area contributed by atoms with Crippen LogP contribution in [0.2, 0.25) is 0 Å². The van der Waals surface area contributed by atoms with Crippen molar-refractivity contribution in [3.05, 3.63) is 40.6 Å². The van der Waals surface area contributed by atoms with Crippen LogP contribution in [0.15, 0.2) is 23.3 Å². The molecule has 0 aliphatic carbocycles. The molecule has 33 heavy (non-hydrogen) atoms. The van der Waals surface area contributed by atoms with E-state index in [1.54, 1.807) is 18.3 Å². The van der Waals surface area contributed by atoms with E-state index in [0.717, 1.165) is 56.6 Å². The van der Waals surface area contributed by atoms with E-state index in [0.29, 0.717) is 23.6 Å². The van der Waals surface area contributed by atoms with Crippen molar-refractivity contribution < 1.29 is 9.53 Å². The van der Waals surface area contributed by atoms with E-state index in [4.69, 9.17) is 10.5 Å². The molecule has 1 fully saturated rings. The Morgan fingerprint density at radius 2 is 2.06 bits per heavy atom. The Labute approximate surface area is 195 Å². The van der Waals surface area contributed by atoms with Crippen molar-refractivity contribution in [1.29, 1.82) is 0 Å². The topological polar surface area (TPSA) is 109 Å². The molecule has 1 saturated heterocycles. The van der Waals surface area contributed by atoms with Gasteiger partial charge in [-0.3, -0.25) is 9.91 Å². The van der Waals surface area contributed by atoms with Crippen molar-refractivity contribution in [3.63, 3.8) is 0 Å². The van der Waals surface area contributed by atoms with Crippen molar-refractivity contribution >= 4 is 24.3 Å². The Hall–Kier alpha value is -3.20.